The summed E-state index contributed by atoms with van der Waals surface area (Å²) in [4.78, 5) is 28.0. The minimum absolute atomic E-state index is 0.0808. The number of allylic oxidation sites excluding steroid dienone is 1. The lowest BCUT2D eigenvalue weighted by Crippen LogP contribution is -2.31. The van der Waals surface area contributed by atoms with E-state index in [1.54, 1.807) is 0 Å². The van der Waals surface area contributed by atoms with Gasteiger partial charge in [-0.3, -0.25) is 9.59 Å². The molecule has 2 saturated heterocycles. The highest BCUT2D eigenvalue weighted by atomic mass is 16.5. The van der Waals surface area contributed by atoms with Gasteiger partial charge in [0, 0.05) is 30.9 Å². The minimum Gasteiger partial charge on any atom is -0.493 e. The van der Waals surface area contributed by atoms with Crippen molar-refractivity contribution in [2.75, 3.05) is 32.8 Å². The van der Waals surface area contributed by atoms with Gasteiger partial charge in [0.25, 0.3) is 0 Å². The Morgan fingerprint density at radius 3 is 2.59 bits per heavy atom. The Kier molecular flexibility index (Phi) is 8.09. The van der Waals surface area contributed by atoms with E-state index in [0.29, 0.717) is 32.5 Å². The van der Waals surface area contributed by atoms with Crippen molar-refractivity contribution in [3.05, 3.63) is 77.4 Å². The molecule has 1 aliphatic carbocycles. The largest absolute Gasteiger partial charge is 0.493 e. The Bertz CT molecular complexity index is 1120. The van der Waals surface area contributed by atoms with Crippen LogP contribution in [0.1, 0.15) is 55.2 Å². The molecule has 5 rings (SSSR count). The van der Waals surface area contributed by atoms with Crippen molar-refractivity contribution in [1.29, 1.82) is 0 Å². The highest BCUT2D eigenvalue weighted by molar-refractivity contribution is 5.84. The lowest BCUT2D eigenvalue weighted by Gasteiger charge is -2.26. The van der Waals surface area contributed by atoms with E-state index in [2.05, 4.69) is 23.6 Å². The first-order chi connectivity index (χ1) is 18.0. The van der Waals surface area contributed by atoms with Gasteiger partial charge in [0.1, 0.15) is 11.5 Å². The number of benzene rings is 2. The molecule has 2 atom stereocenters. The fourth-order valence-corrected chi connectivity index (χ4v) is 6.35. The fraction of sp³-hybridized carbons (Fsp3) is 0.500. The quantitative estimate of drug-likeness (QED) is 0.236. The lowest BCUT2D eigenvalue weighted by atomic mass is 9.75. The summed E-state index contributed by atoms with van der Waals surface area (Å²) in [6, 6.07) is 16.1. The molecule has 2 aromatic carbocycles. The second-order valence-electron chi connectivity index (χ2n) is 11.2. The number of ether oxygens (including phenoxy) is 2. The van der Waals surface area contributed by atoms with Crippen LogP contribution in [0.2, 0.25) is 0 Å². The zero-order valence-electron chi connectivity index (χ0n) is 21.9. The molecule has 0 radical (unpaired) electrons. The predicted molar refractivity (Wildman–Crippen MR) is 145 cm³/mol. The second-order valence-corrected chi connectivity index (χ2v) is 11.2. The minimum atomic E-state index is -0.452. The molecule has 2 aromatic rings. The van der Waals surface area contributed by atoms with Crippen LogP contribution in [0.25, 0.3) is 0 Å². The van der Waals surface area contributed by atoms with Gasteiger partial charge in [0.2, 0.25) is 0 Å². The molecular formula is C32H39NO4. The van der Waals surface area contributed by atoms with Gasteiger partial charge in [-0.1, -0.05) is 61.0 Å². The molecule has 0 aromatic heterocycles. The van der Waals surface area contributed by atoms with Crippen molar-refractivity contribution in [3.63, 3.8) is 0 Å². The molecule has 5 heteroatoms. The molecule has 1 saturated carbocycles. The SMILES string of the molecule is C=C1CC2COC(=O)C2(Cc2ccc(CC(=O)Cc3ccccc3OCCCN3CCCCC3)cc2)C1. The van der Waals surface area contributed by atoms with E-state index in [0.717, 1.165) is 53.8 Å². The van der Waals surface area contributed by atoms with Gasteiger partial charge in [-0.25, -0.2) is 0 Å². The number of nitrogens with zero attached hydrogens (tertiary/aromatic N) is 1. The van der Waals surface area contributed by atoms with Crippen LogP contribution in [-0.2, 0) is 33.6 Å². The number of likely N-dealkylation sites (tertiary alicyclic amines) is 1. The van der Waals surface area contributed by atoms with E-state index in [4.69, 9.17) is 9.47 Å². The van der Waals surface area contributed by atoms with E-state index >= 15 is 0 Å². The number of cyclic esters (lactones) is 1. The second kappa shape index (κ2) is 11.6. The molecule has 0 N–H and O–H groups in total. The highest BCUT2D eigenvalue weighted by Gasteiger charge is 2.55. The Morgan fingerprint density at radius 1 is 1.03 bits per heavy atom. The average Bonchev–Trinajstić information content (AvgIpc) is 3.37. The molecule has 2 aliphatic heterocycles. The van der Waals surface area contributed by atoms with Crippen LogP contribution in [0.15, 0.2) is 60.7 Å². The smallest absolute Gasteiger partial charge is 0.313 e. The van der Waals surface area contributed by atoms with Gasteiger partial charge in [-0.15, -0.1) is 0 Å². The number of hydrogen-bond acceptors (Lipinski definition) is 5. The standard InChI is InChI=1S/C32H39NO4/c1-24-18-28-23-37-31(35)32(28,21-24)22-26-12-10-25(11-13-26)19-29(34)20-27-8-3-4-9-30(27)36-17-7-16-33-14-5-2-6-15-33/h3-4,8-13,28H,1-2,5-7,14-23H2. The van der Waals surface area contributed by atoms with E-state index in [1.165, 1.54) is 32.4 Å². The maximum Gasteiger partial charge on any atom is 0.313 e. The monoisotopic (exact) mass is 501 g/mol. The maximum atomic E-state index is 12.9. The van der Waals surface area contributed by atoms with Gasteiger partial charge < -0.3 is 14.4 Å². The molecule has 37 heavy (non-hydrogen) atoms. The summed E-state index contributed by atoms with van der Waals surface area (Å²) < 4.78 is 11.5. The third-order valence-corrected chi connectivity index (χ3v) is 8.33. The topological polar surface area (TPSA) is 55.8 Å². The summed E-state index contributed by atoms with van der Waals surface area (Å²) in [6.45, 7) is 8.80. The Balaban J connectivity index is 1.12. The molecule has 0 spiro atoms. The average molecular weight is 502 g/mol. The third-order valence-electron chi connectivity index (χ3n) is 8.33. The van der Waals surface area contributed by atoms with Gasteiger partial charge in [-0.05, 0) is 68.8 Å². The molecule has 2 heterocycles. The maximum absolute atomic E-state index is 12.9. The van der Waals surface area contributed by atoms with Crippen LogP contribution < -0.4 is 4.74 Å². The van der Waals surface area contributed by atoms with Gasteiger partial charge >= 0.3 is 5.97 Å². The van der Waals surface area contributed by atoms with Crippen LogP contribution in [0.3, 0.4) is 0 Å². The summed E-state index contributed by atoms with van der Waals surface area (Å²) in [5.41, 5.74) is 3.75. The summed E-state index contributed by atoms with van der Waals surface area (Å²) in [7, 11) is 0. The molecule has 5 nitrogen and oxygen atoms in total. The Hall–Kier alpha value is -2.92. The van der Waals surface area contributed by atoms with Gasteiger partial charge in [0.05, 0.1) is 18.6 Å². The number of Topliss-reactive ketones (excluding diaryl/α,β-unsaturated/α-hetero) is 1. The van der Waals surface area contributed by atoms with Gasteiger partial charge in [-0.2, -0.15) is 0 Å². The van der Waals surface area contributed by atoms with Crippen molar-refractivity contribution < 1.29 is 19.1 Å². The van der Waals surface area contributed by atoms with Crippen molar-refractivity contribution in [2.24, 2.45) is 11.3 Å². The number of para-hydroxylation sites is 1. The molecule has 0 bridgehead atoms. The van der Waals surface area contributed by atoms with Crippen molar-refractivity contribution in [3.8, 4) is 5.75 Å². The lowest BCUT2D eigenvalue weighted by molar-refractivity contribution is -0.146. The third kappa shape index (κ3) is 6.15. The van der Waals surface area contributed by atoms with Crippen LogP contribution in [0.5, 0.6) is 5.75 Å². The zero-order valence-corrected chi connectivity index (χ0v) is 21.9. The molecule has 3 fully saturated rings. The summed E-state index contributed by atoms with van der Waals surface area (Å²) in [5, 5.41) is 0. The summed E-state index contributed by atoms with van der Waals surface area (Å²) >= 11 is 0. The Labute approximate surface area is 220 Å². The van der Waals surface area contributed by atoms with Crippen molar-refractivity contribution >= 4 is 11.8 Å². The first-order valence-corrected chi connectivity index (χ1v) is 13.9. The summed E-state index contributed by atoms with van der Waals surface area (Å²) in [6.07, 6.45) is 7.99. The summed E-state index contributed by atoms with van der Waals surface area (Å²) in [5.74, 6) is 1.14. The highest BCUT2D eigenvalue weighted by Crippen LogP contribution is 2.52. The van der Waals surface area contributed by atoms with Crippen LogP contribution in [0, 0.1) is 11.3 Å². The normalized spacial score (nSPS) is 23.6. The number of esters is 1. The number of carbonyl (C=O) groups is 2. The van der Waals surface area contributed by atoms with E-state index in [-0.39, 0.29) is 17.7 Å². The number of hydrogen-bond donors (Lipinski definition) is 0. The van der Waals surface area contributed by atoms with Crippen LogP contribution in [0.4, 0.5) is 0 Å². The fourth-order valence-electron chi connectivity index (χ4n) is 6.35. The first kappa shape index (κ1) is 25.7. The van der Waals surface area contributed by atoms with E-state index in [1.807, 2.05) is 36.4 Å². The molecule has 0 amide bonds. The number of rotatable bonds is 11. The van der Waals surface area contributed by atoms with Crippen LogP contribution in [-0.4, -0.2) is 49.5 Å². The predicted octanol–water partition coefficient (Wildman–Crippen LogP) is 5.35. The van der Waals surface area contributed by atoms with E-state index in [9.17, 15) is 9.59 Å². The molecule has 3 aliphatic rings. The zero-order chi connectivity index (χ0) is 25.7. The van der Waals surface area contributed by atoms with Crippen molar-refractivity contribution in [1.82, 2.24) is 4.90 Å². The first-order valence-electron chi connectivity index (χ1n) is 13.9. The Morgan fingerprint density at radius 2 is 1.78 bits per heavy atom. The molecule has 2 unspecified atom stereocenters. The number of ketones is 1. The van der Waals surface area contributed by atoms with E-state index < -0.39 is 5.41 Å². The molecular weight excluding hydrogens is 462 g/mol. The number of carbonyl (C=O) groups excluding carboxylic acids is 2. The van der Waals surface area contributed by atoms with Crippen molar-refractivity contribution in [2.45, 2.75) is 57.8 Å². The van der Waals surface area contributed by atoms with Gasteiger partial charge in [0.15, 0.2) is 0 Å². The van der Waals surface area contributed by atoms with Crippen LogP contribution >= 0.6 is 0 Å². The number of piperidine rings is 1. The molecule has 196 valence electrons. The number of fused-ring (bicyclic) bond motifs is 1.